The van der Waals surface area contributed by atoms with E-state index in [1.54, 1.807) is 18.2 Å². The average molecular weight is 379 g/mol. The number of carbonyl (C=O) groups is 2. The summed E-state index contributed by atoms with van der Waals surface area (Å²) in [6.07, 6.45) is 3.98. The van der Waals surface area contributed by atoms with Crippen molar-refractivity contribution in [1.82, 2.24) is 5.32 Å². The molecule has 1 unspecified atom stereocenters. The van der Waals surface area contributed by atoms with Crippen molar-refractivity contribution in [2.45, 2.75) is 71.9 Å². The summed E-state index contributed by atoms with van der Waals surface area (Å²) in [6, 6.07) is 5.27. The fourth-order valence-electron chi connectivity index (χ4n) is 2.56. The second-order valence-corrected chi connectivity index (χ2v) is 7.15. The number of hydrogen-bond donors (Lipinski definition) is 3. The van der Waals surface area contributed by atoms with E-state index in [1.165, 1.54) is 6.92 Å². The molecule has 0 aliphatic rings. The minimum atomic E-state index is -0.672. The van der Waals surface area contributed by atoms with Crippen LogP contribution < -0.4 is 15.4 Å². The van der Waals surface area contributed by atoms with Crippen LogP contribution in [-0.2, 0) is 4.79 Å². The van der Waals surface area contributed by atoms with Gasteiger partial charge < -0.3 is 20.5 Å². The molecule has 0 saturated heterocycles. The fraction of sp³-hybridized carbons (Fsp3) is 0.619. The van der Waals surface area contributed by atoms with Crippen LogP contribution in [0, 0.1) is 0 Å². The third-order valence-electron chi connectivity index (χ3n) is 4.09. The number of aliphatic hydroxyl groups is 1. The molecular formula is C21H34N2O4. The topological polar surface area (TPSA) is 87.7 Å². The molecule has 1 aromatic carbocycles. The molecule has 0 spiro atoms. The molecule has 0 aliphatic heterocycles. The van der Waals surface area contributed by atoms with Crippen molar-refractivity contribution in [3.05, 3.63) is 23.8 Å². The van der Waals surface area contributed by atoms with E-state index in [0.717, 1.165) is 25.7 Å². The molecule has 0 radical (unpaired) electrons. The van der Waals surface area contributed by atoms with Crippen LogP contribution in [0.2, 0.25) is 0 Å². The van der Waals surface area contributed by atoms with Gasteiger partial charge in [-0.15, -0.1) is 0 Å². The molecule has 0 saturated carbocycles. The SMILES string of the molecule is CCCCCCC(=O)Nc1ccc(OCC(O)CNC(C)C)c(C(C)=O)c1. The molecule has 1 amide bonds. The van der Waals surface area contributed by atoms with Crippen molar-refractivity contribution in [3.63, 3.8) is 0 Å². The van der Waals surface area contributed by atoms with Crippen LogP contribution in [0.5, 0.6) is 5.75 Å². The molecule has 0 fully saturated rings. The Bertz CT molecular complexity index is 602. The van der Waals surface area contributed by atoms with E-state index < -0.39 is 6.10 Å². The first-order valence-electron chi connectivity index (χ1n) is 9.82. The van der Waals surface area contributed by atoms with Crippen LogP contribution in [0.1, 0.15) is 70.2 Å². The van der Waals surface area contributed by atoms with E-state index in [1.807, 2.05) is 13.8 Å². The molecule has 6 heteroatoms. The molecule has 27 heavy (non-hydrogen) atoms. The Morgan fingerprint density at radius 2 is 1.93 bits per heavy atom. The van der Waals surface area contributed by atoms with E-state index in [-0.39, 0.29) is 24.3 Å². The van der Waals surface area contributed by atoms with Crippen LogP contribution >= 0.6 is 0 Å². The van der Waals surface area contributed by atoms with Gasteiger partial charge in [0.05, 0.1) is 5.56 Å². The summed E-state index contributed by atoms with van der Waals surface area (Å²) < 4.78 is 5.62. The Morgan fingerprint density at radius 1 is 1.19 bits per heavy atom. The van der Waals surface area contributed by atoms with Crippen molar-refractivity contribution in [3.8, 4) is 5.75 Å². The molecular weight excluding hydrogens is 344 g/mol. The Balaban J connectivity index is 2.63. The first-order chi connectivity index (χ1) is 12.8. The molecule has 0 bridgehead atoms. The third-order valence-corrected chi connectivity index (χ3v) is 4.09. The van der Waals surface area contributed by atoms with Crippen molar-refractivity contribution in [2.75, 3.05) is 18.5 Å². The Kier molecular flexibility index (Phi) is 10.7. The molecule has 0 aliphatic carbocycles. The van der Waals surface area contributed by atoms with Crippen LogP contribution in [0.3, 0.4) is 0 Å². The fourth-order valence-corrected chi connectivity index (χ4v) is 2.56. The summed E-state index contributed by atoms with van der Waals surface area (Å²) in [4.78, 5) is 24.0. The number of carbonyl (C=O) groups excluding carboxylic acids is 2. The average Bonchev–Trinajstić information content (AvgIpc) is 2.62. The van der Waals surface area contributed by atoms with Gasteiger partial charge in [-0.05, 0) is 31.5 Å². The molecule has 3 N–H and O–H groups in total. The van der Waals surface area contributed by atoms with Crippen molar-refractivity contribution in [2.24, 2.45) is 0 Å². The van der Waals surface area contributed by atoms with Gasteiger partial charge in [-0.1, -0.05) is 40.0 Å². The maximum atomic E-state index is 12.0. The molecule has 1 atom stereocenters. The van der Waals surface area contributed by atoms with Gasteiger partial charge >= 0.3 is 0 Å². The highest BCUT2D eigenvalue weighted by atomic mass is 16.5. The second kappa shape index (κ2) is 12.5. The normalized spacial score (nSPS) is 12.1. The number of rotatable bonds is 13. The predicted molar refractivity (Wildman–Crippen MR) is 108 cm³/mol. The molecule has 0 aromatic heterocycles. The number of ketones is 1. The largest absolute Gasteiger partial charge is 0.490 e. The molecule has 1 rings (SSSR count). The summed E-state index contributed by atoms with van der Waals surface area (Å²) in [6.45, 7) is 8.08. The smallest absolute Gasteiger partial charge is 0.224 e. The lowest BCUT2D eigenvalue weighted by Gasteiger charge is -2.17. The van der Waals surface area contributed by atoms with E-state index in [2.05, 4.69) is 17.6 Å². The maximum Gasteiger partial charge on any atom is 0.224 e. The first-order valence-corrected chi connectivity index (χ1v) is 9.82. The van der Waals surface area contributed by atoms with E-state index in [0.29, 0.717) is 30.0 Å². The van der Waals surface area contributed by atoms with Gasteiger partial charge in [-0.25, -0.2) is 0 Å². The molecule has 0 heterocycles. The molecule has 152 valence electrons. The van der Waals surface area contributed by atoms with Crippen molar-refractivity contribution >= 4 is 17.4 Å². The van der Waals surface area contributed by atoms with Gasteiger partial charge in [0.25, 0.3) is 0 Å². The predicted octanol–water partition coefficient (Wildman–Crippen LogP) is 3.54. The highest BCUT2D eigenvalue weighted by Gasteiger charge is 2.13. The number of anilines is 1. The van der Waals surface area contributed by atoms with Gasteiger partial charge in [0.1, 0.15) is 18.5 Å². The number of amides is 1. The number of hydrogen-bond acceptors (Lipinski definition) is 5. The lowest BCUT2D eigenvalue weighted by atomic mass is 10.1. The van der Waals surface area contributed by atoms with Crippen molar-refractivity contribution in [1.29, 1.82) is 0 Å². The zero-order valence-electron chi connectivity index (χ0n) is 17.0. The second-order valence-electron chi connectivity index (χ2n) is 7.15. The van der Waals surface area contributed by atoms with Crippen molar-refractivity contribution < 1.29 is 19.4 Å². The molecule has 6 nitrogen and oxygen atoms in total. The lowest BCUT2D eigenvalue weighted by molar-refractivity contribution is -0.116. The van der Waals surface area contributed by atoms with E-state index >= 15 is 0 Å². The highest BCUT2D eigenvalue weighted by molar-refractivity contribution is 5.99. The minimum absolute atomic E-state index is 0.0514. The summed E-state index contributed by atoms with van der Waals surface area (Å²) in [5.74, 6) is 0.204. The van der Waals surface area contributed by atoms with Gasteiger partial charge in [0, 0.05) is 24.7 Å². The zero-order valence-corrected chi connectivity index (χ0v) is 17.0. The number of aliphatic hydroxyl groups excluding tert-OH is 1. The Morgan fingerprint density at radius 3 is 2.56 bits per heavy atom. The standard InChI is InChI=1S/C21H34N2O4/c1-5-6-7-8-9-21(26)23-17-10-11-20(19(12-17)16(4)24)27-14-18(25)13-22-15(2)3/h10-12,15,18,22,25H,5-9,13-14H2,1-4H3,(H,23,26). The number of benzene rings is 1. The van der Waals surface area contributed by atoms with E-state index in [4.69, 9.17) is 4.74 Å². The maximum absolute atomic E-state index is 12.0. The molecule has 1 aromatic rings. The number of nitrogens with one attached hydrogen (secondary N) is 2. The summed E-state index contributed by atoms with van der Waals surface area (Å²) in [5, 5.41) is 15.9. The van der Waals surface area contributed by atoms with Crippen LogP contribution in [0.4, 0.5) is 5.69 Å². The van der Waals surface area contributed by atoms with Gasteiger partial charge in [0.2, 0.25) is 5.91 Å². The third kappa shape index (κ3) is 9.54. The van der Waals surface area contributed by atoms with Crippen LogP contribution in [0.25, 0.3) is 0 Å². The Labute approximate surface area is 162 Å². The van der Waals surface area contributed by atoms with Crippen LogP contribution in [0.15, 0.2) is 18.2 Å². The number of ether oxygens (including phenoxy) is 1. The van der Waals surface area contributed by atoms with Crippen LogP contribution in [-0.4, -0.2) is 42.1 Å². The quantitative estimate of drug-likeness (QED) is 0.361. The number of unbranched alkanes of at least 4 members (excludes halogenated alkanes) is 3. The number of Topliss-reactive ketones (excluding diaryl/α,β-unsaturated/α-hetero) is 1. The minimum Gasteiger partial charge on any atom is -0.490 e. The zero-order chi connectivity index (χ0) is 20.2. The van der Waals surface area contributed by atoms with Gasteiger partial charge in [-0.3, -0.25) is 9.59 Å². The highest BCUT2D eigenvalue weighted by Crippen LogP contribution is 2.24. The van der Waals surface area contributed by atoms with E-state index in [9.17, 15) is 14.7 Å². The summed E-state index contributed by atoms with van der Waals surface area (Å²) in [5.41, 5.74) is 0.970. The first kappa shape index (κ1) is 23.1. The lowest BCUT2D eigenvalue weighted by Crippen LogP contribution is -2.35. The van der Waals surface area contributed by atoms with Gasteiger partial charge in [-0.2, -0.15) is 0 Å². The monoisotopic (exact) mass is 378 g/mol. The summed E-state index contributed by atoms with van der Waals surface area (Å²) >= 11 is 0. The van der Waals surface area contributed by atoms with Gasteiger partial charge in [0.15, 0.2) is 5.78 Å². The summed E-state index contributed by atoms with van der Waals surface area (Å²) in [7, 11) is 0. The Hall–Kier alpha value is -1.92.